The van der Waals surface area contributed by atoms with Gasteiger partial charge in [-0.25, -0.2) is 0 Å². The van der Waals surface area contributed by atoms with Gasteiger partial charge >= 0.3 is 0 Å². The number of aliphatic hydroxyl groups excluding tert-OH is 1. The fourth-order valence-electron chi connectivity index (χ4n) is 0.970. The predicted molar refractivity (Wildman–Crippen MR) is 57.1 cm³/mol. The summed E-state index contributed by atoms with van der Waals surface area (Å²) in [5, 5.41) is 9.70. The molecule has 1 aromatic rings. The van der Waals surface area contributed by atoms with Crippen molar-refractivity contribution < 1.29 is 9.84 Å². The molecule has 1 atom stereocenters. The van der Waals surface area contributed by atoms with Gasteiger partial charge in [0.15, 0.2) is 0 Å². The second kappa shape index (κ2) is 6.09. The van der Waals surface area contributed by atoms with Crippen molar-refractivity contribution in [3.05, 3.63) is 29.8 Å². The van der Waals surface area contributed by atoms with Crippen LogP contribution in [0.25, 0.3) is 0 Å². The van der Waals surface area contributed by atoms with Gasteiger partial charge in [0.25, 0.3) is 0 Å². The molecule has 1 rings (SSSR count). The van der Waals surface area contributed by atoms with Gasteiger partial charge in [-0.05, 0) is 17.3 Å². The summed E-state index contributed by atoms with van der Waals surface area (Å²) in [6.45, 7) is 1.45. The number of ether oxygens (including phenoxy) is 1. The van der Waals surface area contributed by atoms with Gasteiger partial charge in [0.05, 0.1) is 6.61 Å². The minimum atomic E-state index is 0.199. The first-order valence-electron chi connectivity index (χ1n) is 4.36. The summed E-state index contributed by atoms with van der Waals surface area (Å²) in [4.78, 5) is 0. The minimum absolute atomic E-state index is 0.199. The van der Waals surface area contributed by atoms with E-state index in [2.05, 4.69) is 9.24 Å². The Morgan fingerprint density at radius 2 is 1.92 bits per heavy atom. The molecule has 0 saturated heterocycles. The van der Waals surface area contributed by atoms with Crippen LogP contribution in [-0.4, -0.2) is 18.3 Å². The smallest absolute Gasteiger partial charge is 0.0716 e. The molecule has 1 unspecified atom stereocenters. The van der Waals surface area contributed by atoms with Crippen LogP contribution in [0.5, 0.6) is 0 Å². The highest BCUT2D eigenvalue weighted by atomic mass is 31.0. The molecule has 13 heavy (non-hydrogen) atoms. The zero-order valence-corrected chi connectivity index (χ0v) is 8.73. The van der Waals surface area contributed by atoms with E-state index < -0.39 is 0 Å². The van der Waals surface area contributed by atoms with E-state index in [1.165, 1.54) is 10.9 Å². The second-order valence-corrected chi connectivity index (χ2v) is 3.54. The lowest BCUT2D eigenvalue weighted by atomic mass is 10.2. The molecule has 1 N–H and O–H groups in total. The van der Waals surface area contributed by atoms with Crippen LogP contribution < -0.4 is 5.30 Å². The van der Waals surface area contributed by atoms with Crippen molar-refractivity contribution in [2.24, 2.45) is 0 Å². The van der Waals surface area contributed by atoms with Crippen LogP contribution in [0.2, 0.25) is 0 Å². The first-order chi connectivity index (χ1) is 6.33. The van der Waals surface area contributed by atoms with Crippen LogP contribution >= 0.6 is 9.24 Å². The van der Waals surface area contributed by atoms with E-state index in [0.29, 0.717) is 19.6 Å². The third-order valence-electron chi connectivity index (χ3n) is 1.70. The van der Waals surface area contributed by atoms with E-state index in [0.717, 1.165) is 0 Å². The zero-order chi connectivity index (χ0) is 9.52. The third-order valence-corrected chi connectivity index (χ3v) is 2.08. The number of benzene rings is 1. The molecule has 0 saturated carbocycles. The molecule has 2 nitrogen and oxygen atoms in total. The summed E-state index contributed by atoms with van der Waals surface area (Å²) in [7, 11) is 2.64. The van der Waals surface area contributed by atoms with Crippen LogP contribution in [0.3, 0.4) is 0 Å². The quantitative estimate of drug-likeness (QED) is 0.566. The van der Waals surface area contributed by atoms with Gasteiger partial charge in [0.2, 0.25) is 0 Å². The molecule has 0 amide bonds. The molecule has 0 aliphatic heterocycles. The lowest BCUT2D eigenvalue weighted by Gasteiger charge is -2.03. The highest BCUT2D eigenvalue weighted by Crippen LogP contribution is 2.01. The van der Waals surface area contributed by atoms with Crippen LogP contribution in [0.1, 0.15) is 12.0 Å². The summed E-state index contributed by atoms with van der Waals surface area (Å²) < 4.78 is 5.33. The fraction of sp³-hybridized carbons (Fsp3) is 0.400. The summed E-state index contributed by atoms with van der Waals surface area (Å²) in [5.41, 5.74) is 1.17. The van der Waals surface area contributed by atoms with Gasteiger partial charge in [0, 0.05) is 13.2 Å². The Bertz CT molecular complexity index is 233. The van der Waals surface area contributed by atoms with Crippen LogP contribution in [-0.2, 0) is 11.3 Å². The number of hydrogen-bond donors (Lipinski definition) is 1. The third kappa shape index (κ3) is 4.37. The molecule has 0 aromatic heterocycles. The lowest BCUT2D eigenvalue weighted by Crippen LogP contribution is -1.98. The van der Waals surface area contributed by atoms with E-state index in [4.69, 9.17) is 9.84 Å². The number of rotatable bonds is 5. The van der Waals surface area contributed by atoms with Gasteiger partial charge in [-0.2, -0.15) is 0 Å². The molecule has 0 aliphatic carbocycles. The fourth-order valence-corrected chi connectivity index (χ4v) is 1.16. The summed E-state index contributed by atoms with van der Waals surface area (Å²) >= 11 is 0. The van der Waals surface area contributed by atoms with Gasteiger partial charge in [-0.3, -0.25) is 0 Å². The average molecular weight is 198 g/mol. The zero-order valence-electron chi connectivity index (χ0n) is 7.57. The normalized spacial score (nSPS) is 10.3. The molecule has 72 valence electrons. The average Bonchev–Trinajstić information content (AvgIpc) is 2.15. The largest absolute Gasteiger partial charge is 0.396 e. The molecule has 3 heteroatoms. The van der Waals surface area contributed by atoms with Crippen molar-refractivity contribution >= 4 is 14.5 Å². The second-order valence-electron chi connectivity index (χ2n) is 2.87. The maximum atomic E-state index is 8.52. The molecule has 0 radical (unpaired) electrons. The first kappa shape index (κ1) is 10.6. The predicted octanol–water partition coefficient (Wildman–Crippen LogP) is 1.09. The van der Waals surface area contributed by atoms with Gasteiger partial charge in [0.1, 0.15) is 0 Å². The van der Waals surface area contributed by atoms with Crippen LogP contribution in [0.4, 0.5) is 0 Å². The van der Waals surface area contributed by atoms with E-state index in [-0.39, 0.29) is 6.61 Å². The van der Waals surface area contributed by atoms with Crippen molar-refractivity contribution in [3.8, 4) is 0 Å². The number of hydrogen-bond acceptors (Lipinski definition) is 2. The van der Waals surface area contributed by atoms with Crippen LogP contribution in [0.15, 0.2) is 24.3 Å². The molecule has 0 bridgehead atoms. The molecular weight excluding hydrogens is 183 g/mol. The van der Waals surface area contributed by atoms with Crippen LogP contribution in [0, 0.1) is 0 Å². The number of aliphatic hydroxyl groups is 1. The Hall–Kier alpha value is -0.430. The Balaban J connectivity index is 2.25. The SMILES string of the molecule is OCCCOCc1ccc(P)cc1. The Morgan fingerprint density at radius 1 is 1.23 bits per heavy atom. The summed E-state index contributed by atoms with van der Waals surface area (Å²) in [6, 6.07) is 8.16. The molecule has 0 aliphatic rings. The maximum Gasteiger partial charge on any atom is 0.0716 e. The van der Waals surface area contributed by atoms with Crippen molar-refractivity contribution in [3.63, 3.8) is 0 Å². The van der Waals surface area contributed by atoms with Gasteiger partial charge in [-0.15, -0.1) is 9.24 Å². The highest BCUT2D eigenvalue weighted by molar-refractivity contribution is 7.27. The Kier molecular flexibility index (Phi) is 4.99. The first-order valence-corrected chi connectivity index (χ1v) is 4.93. The molecular formula is C10H15O2P. The monoisotopic (exact) mass is 198 g/mol. The minimum Gasteiger partial charge on any atom is -0.396 e. The van der Waals surface area contributed by atoms with Gasteiger partial charge < -0.3 is 9.84 Å². The Morgan fingerprint density at radius 3 is 2.54 bits per heavy atom. The van der Waals surface area contributed by atoms with Crippen molar-refractivity contribution in [1.29, 1.82) is 0 Å². The maximum absolute atomic E-state index is 8.52. The van der Waals surface area contributed by atoms with Crippen molar-refractivity contribution in [2.45, 2.75) is 13.0 Å². The molecule has 0 spiro atoms. The summed E-state index contributed by atoms with van der Waals surface area (Å²) in [5.74, 6) is 0. The van der Waals surface area contributed by atoms with E-state index in [9.17, 15) is 0 Å². The lowest BCUT2D eigenvalue weighted by molar-refractivity contribution is 0.104. The van der Waals surface area contributed by atoms with E-state index in [1.54, 1.807) is 0 Å². The molecule has 1 aromatic carbocycles. The standard InChI is InChI=1S/C10H15O2P/c11-6-1-7-12-8-9-2-4-10(13)5-3-9/h2-5,11H,1,6-8,13H2. The Labute approximate surface area is 81.1 Å². The van der Waals surface area contributed by atoms with E-state index >= 15 is 0 Å². The molecule has 0 heterocycles. The van der Waals surface area contributed by atoms with E-state index in [1.807, 2.05) is 24.3 Å². The highest BCUT2D eigenvalue weighted by Gasteiger charge is 1.92. The molecule has 0 fully saturated rings. The van der Waals surface area contributed by atoms with Crippen molar-refractivity contribution in [1.82, 2.24) is 0 Å². The van der Waals surface area contributed by atoms with Crippen molar-refractivity contribution in [2.75, 3.05) is 13.2 Å². The summed E-state index contributed by atoms with van der Waals surface area (Å²) in [6.07, 6.45) is 0.710. The topological polar surface area (TPSA) is 29.5 Å². The van der Waals surface area contributed by atoms with Gasteiger partial charge in [-0.1, -0.05) is 24.3 Å².